The fourth-order valence-electron chi connectivity index (χ4n) is 3.26. The van der Waals surface area contributed by atoms with Gasteiger partial charge < -0.3 is 5.32 Å². The largest absolute Gasteiger partial charge is 0.301 e. The topological polar surface area (TPSA) is 67.8 Å². The van der Waals surface area contributed by atoms with Gasteiger partial charge in [-0.2, -0.15) is 0 Å². The summed E-state index contributed by atoms with van der Waals surface area (Å²) in [5.41, 5.74) is 1.41. The number of carbonyl (C=O) groups excluding carboxylic acids is 1. The summed E-state index contributed by atoms with van der Waals surface area (Å²) >= 11 is 4.75. The smallest absolute Gasteiger partial charge is 0.236 e. The number of aromatic nitrogens is 3. The molecule has 0 unspecified atom stereocenters. The molecule has 1 aliphatic rings. The zero-order valence-electron chi connectivity index (χ0n) is 15.6. The Morgan fingerprint density at radius 1 is 1.41 bits per heavy atom. The highest BCUT2D eigenvalue weighted by Gasteiger charge is 2.24. The first-order valence-corrected chi connectivity index (χ1v) is 11.8. The van der Waals surface area contributed by atoms with Crippen molar-refractivity contribution < 1.29 is 4.79 Å². The SMILES string of the molecule is CC(C)c1nc(SCC(=O)Nc2nccs2)c2c3c(sc2n1)C[C@@H](C)CC3. The van der Waals surface area contributed by atoms with Crippen LogP contribution in [-0.4, -0.2) is 26.6 Å². The Balaban J connectivity index is 1.64. The number of nitrogens with one attached hydrogen (secondary N) is 1. The van der Waals surface area contributed by atoms with Gasteiger partial charge in [0.25, 0.3) is 0 Å². The molecule has 1 N–H and O–H groups in total. The second kappa shape index (κ2) is 7.85. The molecule has 0 saturated heterocycles. The zero-order valence-corrected chi connectivity index (χ0v) is 18.1. The molecular weight excluding hydrogens is 396 g/mol. The number of carbonyl (C=O) groups is 1. The highest BCUT2D eigenvalue weighted by molar-refractivity contribution is 8.00. The number of rotatable bonds is 5. The van der Waals surface area contributed by atoms with Crippen LogP contribution in [0.4, 0.5) is 5.13 Å². The molecule has 142 valence electrons. The summed E-state index contributed by atoms with van der Waals surface area (Å²) < 4.78 is 0. The molecule has 1 atom stereocenters. The van der Waals surface area contributed by atoms with Crippen molar-refractivity contribution in [3.8, 4) is 0 Å². The summed E-state index contributed by atoms with van der Waals surface area (Å²) in [7, 11) is 0. The molecule has 1 aliphatic carbocycles. The van der Waals surface area contributed by atoms with E-state index >= 15 is 0 Å². The van der Waals surface area contributed by atoms with E-state index in [1.165, 1.54) is 45.3 Å². The Morgan fingerprint density at radius 2 is 2.26 bits per heavy atom. The van der Waals surface area contributed by atoms with Crippen LogP contribution in [0.1, 0.15) is 49.4 Å². The Kier molecular flexibility index (Phi) is 5.48. The van der Waals surface area contributed by atoms with E-state index < -0.39 is 0 Å². The van der Waals surface area contributed by atoms with Crippen molar-refractivity contribution in [3.05, 3.63) is 27.8 Å². The molecule has 0 fully saturated rings. The van der Waals surface area contributed by atoms with E-state index in [-0.39, 0.29) is 11.8 Å². The van der Waals surface area contributed by atoms with Gasteiger partial charge in [0.1, 0.15) is 15.7 Å². The van der Waals surface area contributed by atoms with Crippen molar-refractivity contribution in [2.45, 2.75) is 51.0 Å². The number of amides is 1. The molecular formula is C19H22N4OS3. The Bertz CT molecular complexity index is 965. The van der Waals surface area contributed by atoms with Crippen LogP contribution in [0.2, 0.25) is 0 Å². The third kappa shape index (κ3) is 4.02. The van der Waals surface area contributed by atoms with E-state index in [0.29, 0.717) is 10.9 Å². The van der Waals surface area contributed by atoms with E-state index in [2.05, 4.69) is 31.1 Å². The predicted octanol–water partition coefficient (Wildman–Crippen LogP) is 5.13. The molecule has 0 aromatic carbocycles. The number of thiophene rings is 1. The van der Waals surface area contributed by atoms with Crippen molar-refractivity contribution in [1.82, 2.24) is 15.0 Å². The van der Waals surface area contributed by atoms with Gasteiger partial charge in [0, 0.05) is 27.8 Å². The lowest BCUT2D eigenvalue weighted by Crippen LogP contribution is -2.14. The lowest BCUT2D eigenvalue weighted by atomic mass is 9.89. The van der Waals surface area contributed by atoms with E-state index in [9.17, 15) is 4.79 Å². The molecule has 0 radical (unpaired) electrons. The number of thiazole rings is 1. The average molecular weight is 419 g/mol. The molecule has 0 bridgehead atoms. The van der Waals surface area contributed by atoms with Crippen molar-refractivity contribution in [2.75, 3.05) is 11.1 Å². The van der Waals surface area contributed by atoms with Crippen LogP contribution in [0, 0.1) is 5.92 Å². The Labute approximate surface area is 171 Å². The average Bonchev–Trinajstić information content (AvgIpc) is 3.25. The molecule has 27 heavy (non-hydrogen) atoms. The van der Waals surface area contributed by atoms with Crippen LogP contribution in [-0.2, 0) is 17.6 Å². The molecule has 3 heterocycles. The summed E-state index contributed by atoms with van der Waals surface area (Å²) in [6.45, 7) is 6.54. The third-order valence-corrected chi connectivity index (χ3v) is 7.49. The van der Waals surface area contributed by atoms with Gasteiger partial charge in [-0.3, -0.25) is 4.79 Å². The van der Waals surface area contributed by atoms with Crippen LogP contribution >= 0.6 is 34.4 Å². The summed E-state index contributed by atoms with van der Waals surface area (Å²) in [6.07, 6.45) is 5.11. The maximum absolute atomic E-state index is 12.3. The molecule has 4 rings (SSSR count). The van der Waals surface area contributed by atoms with Crippen LogP contribution in [0.3, 0.4) is 0 Å². The van der Waals surface area contributed by atoms with Gasteiger partial charge in [-0.05, 0) is 30.7 Å². The first-order chi connectivity index (χ1) is 13.0. The minimum atomic E-state index is -0.0504. The predicted molar refractivity (Wildman–Crippen MR) is 114 cm³/mol. The minimum Gasteiger partial charge on any atom is -0.301 e. The number of hydrogen-bond acceptors (Lipinski definition) is 7. The van der Waals surface area contributed by atoms with E-state index in [4.69, 9.17) is 9.97 Å². The number of aryl methyl sites for hydroxylation is 1. The van der Waals surface area contributed by atoms with Crippen molar-refractivity contribution in [3.63, 3.8) is 0 Å². The molecule has 0 spiro atoms. The monoisotopic (exact) mass is 418 g/mol. The summed E-state index contributed by atoms with van der Waals surface area (Å²) in [6, 6.07) is 0. The number of thioether (sulfide) groups is 1. The van der Waals surface area contributed by atoms with E-state index in [1.807, 2.05) is 16.7 Å². The molecule has 3 aromatic heterocycles. The van der Waals surface area contributed by atoms with Crippen LogP contribution in [0.5, 0.6) is 0 Å². The second-order valence-corrected chi connectivity index (χ2v) is 10.2. The highest BCUT2D eigenvalue weighted by atomic mass is 32.2. The fraction of sp³-hybridized carbons (Fsp3) is 0.474. The third-order valence-electron chi connectivity index (χ3n) is 4.67. The molecule has 8 heteroatoms. The van der Waals surface area contributed by atoms with Crippen molar-refractivity contribution in [1.29, 1.82) is 0 Å². The number of nitrogens with zero attached hydrogens (tertiary/aromatic N) is 3. The lowest BCUT2D eigenvalue weighted by molar-refractivity contribution is -0.113. The van der Waals surface area contributed by atoms with Crippen molar-refractivity contribution >= 4 is 55.7 Å². The fourth-order valence-corrected chi connectivity index (χ4v) is 6.12. The first-order valence-electron chi connectivity index (χ1n) is 9.15. The second-order valence-electron chi connectivity index (χ2n) is 7.25. The van der Waals surface area contributed by atoms with E-state index in [0.717, 1.165) is 34.4 Å². The summed E-state index contributed by atoms with van der Waals surface area (Å²) in [5.74, 6) is 2.12. The molecule has 3 aromatic rings. The quantitative estimate of drug-likeness (QED) is 0.460. The summed E-state index contributed by atoms with van der Waals surface area (Å²) in [5, 5.41) is 7.46. The molecule has 0 aliphatic heterocycles. The Hall–Kier alpha value is -1.51. The maximum atomic E-state index is 12.3. The zero-order chi connectivity index (χ0) is 19.0. The number of hydrogen-bond donors (Lipinski definition) is 1. The highest BCUT2D eigenvalue weighted by Crippen LogP contribution is 2.41. The number of anilines is 1. The van der Waals surface area contributed by atoms with Crippen molar-refractivity contribution in [2.24, 2.45) is 5.92 Å². The maximum Gasteiger partial charge on any atom is 0.236 e. The van der Waals surface area contributed by atoms with Crippen LogP contribution in [0.15, 0.2) is 16.6 Å². The Morgan fingerprint density at radius 3 is 3.00 bits per heavy atom. The van der Waals surface area contributed by atoms with E-state index in [1.54, 1.807) is 6.20 Å². The first kappa shape index (κ1) is 18.8. The molecule has 5 nitrogen and oxygen atoms in total. The summed E-state index contributed by atoms with van der Waals surface area (Å²) in [4.78, 5) is 28.6. The number of fused-ring (bicyclic) bond motifs is 3. The molecule has 1 amide bonds. The van der Waals surface area contributed by atoms with Crippen LogP contribution < -0.4 is 5.32 Å². The normalized spacial score (nSPS) is 16.7. The van der Waals surface area contributed by atoms with Crippen LogP contribution in [0.25, 0.3) is 10.2 Å². The van der Waals surface area contributed by atoms with Gasteiger partial charge in [0.15, 0.2) is 5.13 Å². The standard InChI is InChI=1S/C19H22N4OS3/c1-10(2)16-22-17(26-9-14(24)21-19-20-6-7-25-19)15-12-5-4-11(3)8-13(12)27-18(15)23-16/h6-7,10-11H,4-5,8-9H2,1-3H3,(H,20,21,24)/t11-/m0/s1. The van der Waals surface area contributed by atoms with Gasteiger partial charge in [-0.1, -0.05) is 32.5 Å². The van der Waals surface area contributed by atoms with Gasteiger partial charge >= 0.3 is 0 Å². The minimum absolute atomic E-state index is 0.0504. The molecule has 0 saturated carbocycles. The van der Waals surface area contributed by atoms with Gasteiger partial charge in [-0.25, -0.2) is 15.0 Å². The van der Waals surface area contributed by atoms with Gasteiger partial charge in [0.2, 0.25) is 5.91 Å². The van der Waals surface area contributed by atoms with Gasteiger partial charge in [-0.15, -0.1) is 22.7 Å². The lowest BCUT2D eigenvalue weighted by Gasteiger charge is -2.18. The van der Waals surface area contributed by atoms with Gasteiger partial charge in [0.05, 0.1) is 5.75 Å².